The van der Waals surface area contributed by atoms with Gasteiger partial charge in [0.05, 0.1) is 17.5 Å². The first-order valence-electron chi connectivity index (χ1n) is 2.93. The molecule has 0 amide bonds. The summed E-state index contributed by atoms with van der Waals surface area (Å²) < 4.78 is 1.65. The van der Waals surface area contributed by atoms with Gasteiger partial charge in [0.1, 0.15) is 0 Å². The van der Waals surface area contributed by atoms with Crippen LogP contribution in [0.5, 0.6) is 0 Å². The van der Waals surface area contributed by atoms with E-state index in [0.29, 0.717) is 0 Å². The SMILES string of the molecule is C#Cc1cnn(C=C)c1C. The number of hydrogen-bond acceptors (Lipinski definition) is 1. The molecule has 0 aliphatic rings. The molecule has 2 nitrogen and oxygen atoms in total. The lowest BCUT2D eigenvalue weighted by atomic mass is 10.3. The molecule has 1 heterocycles. The number of aromatic nitrogens is 2. The molecule has 10 heavy (non-hydrogen) atoms. The molecule has 50 valence electrons. The summed E-state index contributed by atoms with van der Waals surface area (Å²) in [4.78, 5) is 0. The second-order valence-corrected chi connectivity index (χ2v) is 1.92. The Labute approximate surface area is 60.2 Å². The van der Waals surface area contributed by atoms with Crippen LogP contribution in [0.25, 0.3) is 6.20 Å². The van der Waals surface area contributed by atoms with E-state index in [2.05, 4.69) is 17.6 Å². The van der Waals surface area contributed by atoms with Crippen LogP contribution in [0.4, 0.5) is 0 Å². The monoisotopic (exact) mass is 132 g/mol. The van der Waals surface area contributed by atoms with Crippen molar-refractivity contribution in [1.82, 2.24) is 9.78 Å². The molecule has 0 N–H and O–H groups in total. The summed E-state index contributed by atoms with van der Waals surface area (Å²) in [5, 5.41) is 3.96. The zero-order valence-electron chi connectivity index (χ0n) is 5.83. The van der Waals surface area contributed by atoms with Gasteiger partial charge in [-0.15, -0.1) is 6.42 Å². The summed E-state index contributed by atoms with van der Waals surface area (Å²) in [5.74, 6) is 2.52. The molecule has 0 unspecified atom stereocenters. The minimum Gasteiger partial charge on any atom is -0.245 e. The quantitative estimate of drug-likeness (QED) is 0.526. The maximum atomic E-state index is 5.18. The second kappa shape index (κ2) is 2.40. The van der Waals surface area contributed by atoms with Gasteiger partial charge in [-0.1, -0.05) is 12.5 Å². The van der Waals surface area contributed by atoms with Gasteiger partial charge in [0.25, 0.3) is 0 Å². The van der Waals surface area contributed by atoms with Crippen LogP contribution < -0.4 is 0 Å². The molecular formula is C8H8N2. The highest BCUT2D eigenvalue weighted by molar-refractivity contribution is 5.37. The number of hydrogen-bond donors (Lipinski definition) is 0. The van der Waals surface area contributed by atoms with Crippen LogP contribution in [0.3, 0.4) is 0 Å². The van der Waals surface area contributed by atoms with Crippen molar-refractivity contribution in [3.05, 3.63) is 24.0 Å². The van der Waals surface area contributed by atoms with Crippen molar-refractivity contribution < 1.29 is 0 Å². The Kier molecular flexibility index (Phi) is 1.59. The molecule has 0 fully saturated rings. The summed E-state index contributed by atoms with van der Waals surface area (Å²) >= 11 is 0. The third kappa shape index (κ3) is 0.822. The molecule has 0 spiro atoms. The molecule has 0 aliphatic heterocycles. The molecule has 0 saturated carbocycles. The van der Waals surface area contributed by atoms with Crippen LogP contribution in [0, 0.1) is 19.3 Å². The van der Waals surface area contributed by atoms with E-state index in [9.17, 15) is 0 Å². The molecule has 0 bridgehead atoms. The topological polar surface area (TPSA) is 17.8 Å². The Morgan fingerprint density at radius 3 is 2.90 bits per heavy atom. The van der Waals surface area contributed by atoms with Crippen LogP contribution >= 0.6 is 0 Å². The van der Waals surface area contributed by atoms with Gasteiger partial charge < -0.3 is 0 Å². The normalized spacial score (nSPS) is 8.80. The maximum Gasteiger partial charge on any atom is 0.0656 e. The van der Waals surface area contributed by atoms with Crippen LogP contribution in [0.2, 0.25) is 0 Å². The Bertz CT molecular complexity index is 289. The average Bonchev–Trinajstić information content (AvgIpc) is 2.30. The van der Waals surface area contributed by atoms with Crippen molar-refractivity contribution in [3.8, 4) is 12.3 Å². The maximum absolute atomic E-state index is 5.18. The van der Waals surface area contributed by atoms with Crippen LogP contribution in [0.15, 0.2) is 12.8 Å². The van der Waals surface area contributed by atoms with Gasteiger partial charge in [0, 0.05) is 6.20 Å². The van der Waals surface area contributed by atoms with E-state index in [-0.39, 0.29) is 0 Å². The summed E-state index contributed by atoms with van der Waals surface area (Å²) in [6, 6.07) is 0. The van der Waals surface area contributed by atoms with Gasteiger partial charge in [-0.25, -0.2) is 4.68 Å². The summed E-state index contributed by atoms with van der Waals surface area (Å²) in [6.45, 7) is 5.48. The number of rotatable bonds is 1. The highest BCUT2D eigenvalue weighted by atomic mass is 15.3. The molecule has 2 heteroatoms. The van der Waals surface area contributed by atoms with Crippen molar-refractivity contribution in [2.75, 3.05) is 0 Å². The summed E-state index contributed by atoms with van der Waals surface area (Å²) in [6.07, 6.45) is 8.45. The van der Waals surface area contributed by atoms with E-state index >= 15 is 0 Å². The molecule has 1 rings (SSSR count). The van der Waals surface area contributed by atoms with E-state index in [0.717, 1.165) is 11.3 Å². The zero-order chi connectivity index (χ0) is 7.56. The predicted octanol–water partition coefficient (Wildman–Crippen LogP) is 1.27. The Hall–Kier alpha value is -1.49. The zero-order valence-corrected chi connectivity index (χ0v) is 5.83. The fourth-order valence-corrected chi connectivity index (χ4v) is 0.749. The van der Waals surface area contributed by atoms with Crippen LogP contribution in [0.1, 0.15) is 11.3 Å². The lowest BCUT2D eigenvalue weighted by molar-refractivity contribution is 0.899. The van der Waals surface area contributed by atoms with Crippen molar-refractivity contribution in [2.45, 2.75) is 6.92 Å². The van der Waals surface area contributed by atoms with E-state index in [1.807, 2.05) is 6.92 Å². The molecule has 0 aliphatic carbocycles. The fourth-order valence-electron chi connectivity index (χ4n) is 0.749. The van der Waals surface area contributed by atoms with E-state index in [1.165, 1.54) is 0 Å². The Morgan fingerprint density at radius 1 is 1.90 bits per heavy atom. The van der Waals surface area contributed by atoms with Crippen LogP contribution in [-0.4, -0.2) is 9.78 Å². The minimum atomic E-state index is 0.819. The van der Waals surface area contributed by atoms with Gasteiger partial charge >= 0.3 is 0 Å². The Balaban J connectivity index is 3.24. The third-order valence-corrected chi connectivity index (χ3v) is 1.37. The average molecular weight is 132 g/mol. The molecule has 1 aromatic rings. The standard InChI is InChI=1S/C8H8N2/c1-4-8-6-9-10(5-2)7(8)3/h1,5-6H,2H2,3H3. The molecule has 1 aromatic heterocycles. The van der Waals surface area contributed by atoms with E-state index in [4.69, 9.17) is 6.42 Å². The fraction of sp³-hybridized carbons (Fsp3) is 0.125. The molecule has 0 saturated heterocycles. The van der Waals surface area contributed by atoms with Crippen molar-refractivity contribution in [1.29, 1.82) is 0 Å². The Morgan fingerprint density at radius 2 is 2.60 bits per heavy atom. The first-order chi connectivity index (χ1) is 4.79. The lowest BCUT2D eigenvalue weighted by Crippen LogP contribution is -1.90. The lowest BCUT2D eigenvalue weighted by Gasteiger charge is -1.92. The predicted molar refractivity (Wildman–Crippen MR) is 41.3 cm³/mol. The molecule has 0 aromatic carbocycles. The first-order valence-corrected chi connectivity index (χ1v) is 2.93. The number of nitrogens with zero attached hydrogens (tertiary/aromatic N) is 2. The summed E-state index contributed by atoms with van der Waals surface area (Å²) in [5.41, 5.74) is 1.78. The second-order valence-electron chi connectivity index (χ2n) is 1.92. The third-order valence-electron chi connectivity index (χ3n) is 1.37. The van der Waals surface area contributed by atoms with Crippen molar-refractivity contribution >= 4 is 6.20 Å². The molecule has 0 atom stereocenters. The number of terminal acetylenes is 1. The van der Waals surface area contributed by atoms with E-state index in [1.54, 1.807) is 17.1 Å². The van der Waals surface area contributed by atoms with Gasteiger partial charge in [0.2, 0.25) is 0 Å². The smallest absolute Gasteiger partial charge is 0.0656 e. The molecular weight excluding hydrogens is 124 g/mol. The largest absolute Gasteiger partial charge is 0.245 e. The van der Waals surface area contributed by atoms with Gasteiger partial charge in [0.15, 0.2) is 0 Å². The van der Waals surface area contributed by atoms with Gasteiger partial charge in [-0.3, -0.25) is 0 Å². The summed E-state index contributed by atoms with van der Waals surface area (Å²) in [7, 11) is 0. The van der Waals surface area contributed by atoms with Crippen molar-refractivity contribution in [3.63, 3.8) is 0 Å². The highest BCUT2D eigenvalue weighted by Crippen LogP contribution is 2.03. The van der Waals surface area contributed by atoms with Crippen LogP contribution in [-0.2, 0) is 0 Å². The van der Waals surface area contributed by atoms with Crippen molar-refractivity contribution in [2.24, 2.45) is 0 Å². The minimum absolute atomic E-state index is 0.819. The highest BCUT2D eigenvalue weighted by Gasteiger charge is 1.98. The van der Waals surface area contributed by atoms with Gasteiger partial charge in [-0.05, 0) is 6.92 Å². The first kappa shape index (κ1) is 6.63. The van der Waals surface area contributed by atoms with E-state index < -0.39 is 0 Å². The van der Waals surface area contributed by atoms with Gasteiger partial charge in [-0.2, -0.15) is 5.10 Å². The molecule has 0 radical (unpaired) electrons.